The first kappa shape index (κ1) is 34.1. The molecule has 0 amide bonds. The molecule has 0 bridgehead atoms. The highest BCUT2D eigenvalue weighted by molar-refractivity contribution is 5.81. The predicted octanol–water partition coefficient (Wildman–Crippen LogP) is 5.89. The molecule has 41 heavy (non-hydrogen) atoms. The minimum Gasteiger partial charge on any atom is -0.477 e. The van der Waals surface area contributed by atoms with E-state index in [4.69, 9.17) is 18.9 Å². The van der Waals surface area contributed by atoms with Gasteiger partial charge in [-0.1, -0.05) is 54.0 Å². The number of hydrogen-bond acceptors (Lipinski definition) is 9. The maximum absolute atomic E-state index is 12.9. The van der Waals surface area contributed by atoms with Crippen LogP contribution in [0.3, 0.4) is 0 Å². The Kier molecular flexibility index (Phi) is 12.6. The Morgan fingerprint density at radius 2 is 1.39 bits per heavy atom. The van der Waals surface area contributed by atoms with Gasteiger partial charge in [-0.2, -0.15) is 0 Å². The number of hydrogen-bond donors (Lipinski definition) is 2. The van der Waals surface area contributed by atoms with E-state index in [0.717, 1.165) is 19.3 Å². The van der Waals surface area contributed by atoms with E-state index < -0.39 is 41.6 Å². The van der Waals surface area contributed by atoms with Crippen LogP contribution in [0.1, 0.15) is 93.1 Å². The third kappa shape index (κ3) is 10.0. The second-order valence-electron chi connectivity index (χ2n) is 12.0. The van der Waals surface area contributed by atoms with Gasteiger partial charge in [0.25, 0.3) is 5.72 Å². The molecular weight excluding hydrogens is 530 g/mol. The van der Waals surface area contributed by atoms with Crippen LogP contribution in [0.4, 0.5) is 4.79 Å². The molecule has 1 fully saturated rings. The van der Waals surface area contributed by atoms with Crippen molar-refractivity contribution in [2.24, 2.45) is 23.7 Å². The standard InChI is InChI=1S/C31H47NO9/c1-18(2)21(7)27(33)39-25-15-14-23(16-26(25)40-28(34)22(8)19(3)4)17-31(29(35)36,32-20(5)6)41-30(37)38-24-12-10-9-11-13-24/h14-16,18-22,24,32H,9-13,17H2,1-8H3,(H,35,36)/t21?,22?,31-/m0/s1. The molecule has 1 aliphatic rings. The highest BCUT2D eigenvalue weighted by Crippen LogP contribution is 2.33. The van der Waals surface area contributed by atoms with Gasteiger partial charge >= 0.3 is 24.1 Å². The maximum Gasteiger partial charge on any atom is 0.510 e. The van der Waals surface area contributed by atoms with Crippen molar-refractivity contribution in [1.82, 2.24) is 5.32 Å². The van der Waals surface area contributed by atoms with Gasteiger partial charge in [-0.3, -0.25) is 14.9 Å². The summed E-state index contributed by atoms with van der Waals surface area (Å²) >= 11 is 0. The van der Waals surface area contributed by atoms with Crippen molar-refractivity contribution in [2.45, 2.75) is 112 Å². The van der Waals surface area contributed by atoms with Gasteiger partial charge in [0.15, 0.2) is 11.5 Å². The van der Waals surface area contributed by atoms with Gasteiger partial charge in [-0.15, -0.1) is 0 Å². The SMILES string of the molecule is CC(C)N[C@@](Cc1ccc(OC(=O)C(C)C(C)C)c(OC(=O)C(C)C(C)C)c1)(OC(=O)OC1CCCCC1)C(=O)O. The summed E-state index contributed by atoms with van der Waals surface area (Å²) in [6.45, 7) is 14.5. The first-order chi connectivity index (χ1) is 19.1. The highest BCUT2D eigenvalue weighted by Gasteiger charge is 2.45. The van der Waals surface area contributed by atoms with Crippen LogP contribution in [0.2, 0.25) is 0 Å². The second kappa shape index (κ2) is 15.2. The number of carbonyl (C=O) groups excluding carboxylic acids is 3. The first-order valence-corrected chi connectivity index (χ1v) is 14.6. The lowest BCUT2D eigenvalue weighted by atomic mass is 9.98. The molecule has 0 radical (unpaired) electrons. The fourth-order valence-corrected chi connectivity index (χ4v) is 4.31. The van der Waals surface area contributed by atoms with Crippen molar-refractivity contribution >= 4 is 24.1 Å². The summed E-state index contributed by atoms with van der Waals surface area (Å²) in [4.78, 5) is 51.0. The lowest BCUT2D eigenvalue weighted by molar-refractivity contribution is -0.168. The minimum atomic E-state index is -2.17. The second-order valence-corrected chi connectivity index (χ2v) is 12.0. The number of carboxylic acid groups (broad SMARTS) is 1. The maximum atomic E-state index is 12.9. The Bertz CT molecular complexity index is 1060. The van der Waals surface area contributed by atoms with Crippen LogP contribution in [0.15, 0.2) is 18.2 Å². The average molecular weight is 578 g/mol. The zero-order chi connectivity index (χ0) is 30.9. The van der Waals surface area contributed by atoms with E-state index in [2.05, 4.69) is 5.32 Å². The van der Waals surface area contributed by atoms with Gasteiger partial charge in [-0.25, -0.2) is 9.59 Å². The molecule has 2 rings (SSSR count). The van der Waals surface area contributed by atoms with Crippen LogP contribution in [-0.2, 0) is 30.3 Å². The van der Waals surface area contributed by atoms with Gasteiger partial charge in [0, 0.05) is 12.5 Å². The number of rotatable bonds is 13. The zero-order valence-corrected chi connectivity index (χ0v) is 25.7. The van der Waals surface area contributed by atoms with Crippen molar-refractivity contribution in [3.63, 3.8) is 0 Å². The van der Waals surface area contributed by atoms with Crippen LogP contribution >= 0.6 is 0 Å². The molecule has 10 nitrogen and oxygen atoms in total. The summed E-state index contributed by atoms with van der Waals surface area (Å²) < 4.78 is 22.2. The van der Waals surface area contributed by atoms with E-state index in [1.165, 1.54) is 12.1 Å². The highest BCUT2D eigenvalue weighted by atomic mass is 16.7. The average Bonchev–Trinajstić information content (AvgIpc) is 2.88. The molecule has 2 unspecified atom stereocenters. The zero-order valence-electron chi connectivity index (χ0n) is 25.7. The monoisotopic (exact) mass is 577 g/mol. The van der Waals surface area contributed by atoms with E-state index >= 15 is 0 Å². The van der Waals surface area contributed by atoms with Crippen LogP contribution in [0.25, 0.3) is 0 Å². The number of esters is 2. The molecule has 0 spiro atoms. The van der Waals surface area contributed by atoms with Gasteiger partial charge in [0.2, 0.25) is 0 Å². The predicted molar refractivity (Wildman–Crippen MR) is 152 cm³/mol. The van der Waals surface area contributed by atoms with Crippen molar-refractivity contribution in [3.05, 3.63) is 23.8 Å². The van der Waals surface area contributed by atoms with Gasteiger partial charge in [0.05, 0.1) is 11.8 Å². The fraction of sp³-hybridized carbons (Fsp3) is 0.677. The molecule has 2 N–H and O–H groups in total. The summed E-state index contributed by atoms with van der Waals surface area (Å²) in [6.07, 6.45) is 2.61. The Morgan fingerprint density at radius 3 is 1.88 bits per heavy atom. The molecule has 1 aliphatic carbocycles. The Balaban J connectivity index is 2.43. The summed E-state index contributed by atoms with van der Waals surface area (Å²) in [5.74, 6) is -3.26. The smallest absolute Gasteiger partial charge is 0.477 e. The summed E-state index contributed by atoms with van der Waals surface area (Å²) in [6, 6.07) is 4.05. The third-order valence-electron chi connectivity index (χ3n) is 7.57. The normalized spacial score (nSPS) is 17.0. The van der Waals surface area contributed by atoms with E-state index in [-0.39, 0.29) is 41.9 Å². The Hall–Kier alpha value is -3.14. The number of carboxylic acids is 1. The first-order valence-electron chi connectivity index (χ1n) is 14.6. The lowest BCUT2D eigenvalue weighted by Crippen LogP contribution is -2.59. The number of ether oxygens (including phenoxy) is 4. The van der Waals surface area contributed by atoms with E-state index in [1.54, 1.807) is 33.8 Å². The molecule has 1 aromatic rings. The van der Waals surface area contributed by atoms with Crippen LogP contribution in [-0.4, -0.2) is 47.0 Å². The molecule has 230 valence electrons. The number of benzene rings is 1. The van der Waals surface area contributed by atoms with Crippen LogP contribution < -0.4 is 14.8 Å². The van der Waals surface area contributed by atoms with E-state index in [1.807, 2.05) is 27.7 Å². The van der Waals surface area contributed by atoms with Crippen LogP contribution in [0.5, 0.6) is 11.5 Å². The van der Waals surface area contributed by atoms with E-state index in [9.17, 15) is 24.3 Å². The minimum absolute atomic E-state index is 0.00359. The van der Waals surface area contributed by atoms with Crippen LogP contribution in [0, 0.1) is 23.7 Å². The number of carbonyl (C=O) groups is 4. The van der Waals surface area contributed by atoms with Gasteiger partial charge < -0.3 is 24.1 Å². The molecule has 3 atom stereocenters. The number of nitrogens with one attached hydrogen (secondary N) is 1. The molecule has 0 heterocycles. The Morgan fingerprint density at radius 1 is 0.854 bits per heavy atom. The Labute approximate surface area is 243 Å². The summed E-state index contributed by atoms with van der Waals surface area (Å²) in [7, 11) is 0. The summed E-state index contributed by atoms with van der Waals surface area (Å²) in [5, 5.41) is 13.1. The van der Waals surface area contributed by atoms with Crippen molar-refractivity contribution in [3.8, 4) is 11.5 Å². The molecule has 1 saturated carbocycles. The van der Waals surface area contributed by atoms with Gasteiger partial charge in [0.1, 0.15) is 6.10 Å². The molecule has 0 aromatic heterocycles. The fourth-order valence-electron chi connectivity index (χ4n) is 4.31. The molecule has 10 heteroatoms. The number of aliphatic carboxylic acids is 1. The largest absolute Gasteiger partial charge is 0.510 e. The molecule has 0 saturated heterocycles. The summed E-state index contributed by atoms with van der Waals surface area (Å²) in [5.41, 5.74) is -1.81. The van der Waals surface area contributed by atoms with Gasteiger partial charge in [-0.05, 0) is 69.1 Å². The van der Waals surface area contributed by atoms with Crippen molar-refractivity contribution in [2.75, 3.05) is 0 Å². The topological polar surface area (TPSA) is 137 Å². The molecule has 1 aromatic carbocycles. The quantitative estimate of drug-likeness (QED) is 0.166. The van der Waals surface area contributed by atoms with E-state index in [0.29, 0.717) is 18.4 Å². The molecule has 0 aliphatic heterocycles. The van der Waals surface area contributed by atoms with Crippen molar-refractivity contribution < 1.29 is 43.2 Å². The van der Waals surface area contributed by atoms with Crippen molar-refractivity contribution in [1.29, 1.82) is 0 Å². The molecular formula is C31H47NO9. The third-order valence-corrected chi connectivity index (χ3v) is 7.57. The lowest BCUT2D eigenvalue weighted by Gasteiger charge is -2.33.